The molecule has 7 nitrogen and oxygen atoms in total. The van der Waals surface area contributed by atoms with Crippen molar-refractivity contribution in [1.29, 1.82) is 0 Å². The molecule has 4 heterocycles. The fourth-order valence-corrected chi connectivity index (χ4v) is 4.00. The van der Waals surface area contributed by atoms with Gasteiger partial charge in [-0.1, -0.05) is 0 Å². The number of piperidine rings is 1. The number of hydrogen-bond acceptors (Lipinski definition) is 6. The van der Waals surface area contributed by atoms with Gasteiger partial charge in [-0.2, -0.15) is 5.10 Å². The Balaban J connectivity index is 1.46. The monoisotopic (exact) mass is 343 g/mol. The molecule has 24 heavy (non-hydrogen) atoms. The van der Waals surface area contributed by atoms with E-state index < -0.39 is 0 Å². The first kappa shape index (κ1) is 15.5. The quantitative estimate of drug-likeness (QED) is 0.708. The molecular weight excluding hydrogens is 322 g/mol. The summed E-state index contributed by atoms with van der Waals surface area (Å²) >= 11 is 1.73. The van der Waals surface area contributed by atoms with Crippen molar-refractivity contribution in [3.63, 3.8) is 0 Å². The van der Waals surface area contributed by atoms with E-state index in [9.17, 15) is 0 Å². The molecule has 1 saturated heterocycles. The van der Waals surface area contributed by atoms with E-state index in [1.165, 1.54) is 17.8 Å². The van der Waals surface area contributed by atoms with E-state index in [2.05, 4.69) is 36.8 Å². The van der Waals surface area contributed by atoms with Gasteiger partial charge in [0.1, 0.15) is 17.4 Å². The van der Waals surface area contributed by atoms with Crippen LogP contribution in [0.15, 0.2) is 30.0 Å². The Hall–Kier alpha value is -2.06. The highest BCUT2D eigenvalue weighted by Crippen LogP contribution is 2.27. The zero-order valence-electron chi connectivity index (χ0n) is 13.7. The average molecular weight is 343 g/mol. The maximum atomic E-state index is 4.48. The first-order valence-electron chi connectivity index (χ1n) is 8.26. The Bertz CT molecular complexity index is 763. The van der Waals surface area contributed by atoms with Crippen molar-refractivity contribution in [3.8, 4) is 0 Å². The molecule has 1 atom stereocenters. The van der Waals surface area contributed by atoms with E-state index in [0.29, 0.717) is 12.5 Å². The molecule has 4 rings (SSSR count). The van der Waals surface area contributed by atoms with Crippen molar-refractivity contribution in [1.82, 2.24) is 34.4 Å². The lowest BCUT2D eigenvalue weighted by molar-refractivity contribution is 0.195. The zero-order valence-corrected chi connectivity index (χ0v) is 14.6. The molecule has 3 aromatic heterocycles. The molecule has 0 N–H and O–H groups in total. The summed E-state index contributed by atoms with van der Waals surface area (Å²) in [6.07, 6.45) is 7.98. The van der Waals surface area contributed by atoms with Gasteiger partial charge in [-0.05, 0) is 25.5 Å². The summed E-state index contributed by atoms with van der Waals surface area (Å²) in [5, 5.41) is 16.4. The third kappa shape index (κ3) is 3.25. The van der Waals surface area contributed by atoms with Crippen LogP contribution in [0.3, 0.4) is 0 Å². The average Bonchev–Trinajstić information content (AvgIpc) is 3.33. The first-order valence-corrected chi connectivity index (χ1v) is 9.14. The van der Waals surface area contributed by atoms with Crippen molar-refractivity contribution in [2.24, 2.45) is 7.05 Å². The van der Waals surface area contributed by atoms with Gasteiger partial charge in [0.05, 0.1) is 6.54 Å². The topological polar surface area (TPSA) is 64.7 Å². The molecular formula is C16H21N7S. The summed E-state index contributed by atoms with van der Waals surface area (Å²) in [6, 6.07) is 1.93. The summed E-state index contributed by atoms with van der Waals surface area (Å²) in [5.74, 6) is 2.47. The Morgan fingerprint density at radius 3 is 3.00 bits per heavy atom. The minimum absolute atomic E-state index is 0.433. The van der Waals surface area contributed by atoms with Gasteiger partial charge in [0, 0.05) is 43.5 Å². The second kappa shape index (κ2) is 6.82. The van der Waals surface area contributed by atoms with Crippen LogP contribution in [0.25, 0.3) is 0 Å². The molecule has 0 radical (unpaired) electrons. The van der Waals surface area contributed by atoms with Gasteiger partial charge in [0.15, 0.2) is 5.82 Å². The van der Waals surface area contributed by atoms with Crippen molar-refractivity contribution in [2.45, 2.75) is 31.8 Å². The van der Waals surface area contributed by atoms with Crippen LogP contribution in [0.5, 0.6) is 0 Å². The minimum Gasteiger partial charge on any atom is -0.316 e. The number of likely N-dealkylation sites (tertiary alicyclic amines) is 1. The Kier molecular flexibility index (Phi) is 4.40. The third-order valence-electron chi connectivity index (χ3n) is 4.57. The summed E-state index contributed by atoms with van der Waals surface area (Å²) in [5.41, 5.74) is 0. The molecule has 1 aliphatic rings. The van der Waals surface area contributed by atoms with Crippen molar-refractivity contribution in [3.05, 3.63) is 46.7 Å². The van der Waals surface area contributed by atoms with Gasteiger partial charge in [-0.3, -0.25) is 9.58 Å². The SMILES string of the molecule is Cn1c(Cn2cccn2)nnc1[C@H]1CCCN(Cc2nccs2)C1. The van der Waals surface area contributed by atoms with Crippen molar-refractivity contribution < 1.29 is 0 Å². The van der Waals surface area contributed by atoms with E-state index in [4.69, 9.17) is 0 Å². The van der Waals surface area contributed by atoms with Crippen LogP contribution in [0.2, 0.25) is 0 Å². The molecule has 0 aliphatic carbocycles. The van der Waals surface area contributed by atoms with E-state index in [1.807, 2.05) is 28.5 Å². The predicted octanol–water partition coefficient (Wildman–Crippen LogP) is 1.90. The van der Waals surface area contributed by atoms with Crippen molar-refractivity contribution >= 4 is 11.3 Å². The van der Waals surface area contributed by atoms with Gasteiger partial charge in [-0.25, -0.2) is 4.98 Å². The van der Waals surface area contributed by atoms with Gasteiger partial charge in [0.25, 0.3) is 0 Å². The molecule has 0 aromatic carbocycles. The minimum atomic E-state index is 0.433. The van der Waals surface area contributed by atoms with E-state index in [-0.39, 0.29) is 0 Å². The summed E-state index contributed by atoms with van der Waals surface area (Å²) in [7, 11) is 2.06. The fourth-order valence-electron chi connectivity index (χ4n) is 3.34. The Morgan fingerprint density at radius 1 is 1.25 bits per heavy atom. The molecule has 3 aromatic rings. The van der Waals surface area contributed by atoms with E-state index in [0.717, 1.165) is 31.3 Å². The summed E-state index contributed by atoms with van der Waals surface area (Å²) in [4.78, 5) is 6.89. The standard InChI is InChI=1S/C16H21N7S/c1-21-14(11-23-8-3-5-18-23)19-20-16(21)13-4-2-7-22(10-13)12-15-17-6-9-24-15/h3,5-6,8-9,13H,2,4,7,10-12H2,1H3/t13-/m0/s1. The number of aromatic nitrogens is 6. The molecule has 8 heteroatoms. The normalized spacial score (nSPS) is 19.0. The smallest absolute Gasteiger partial charge is 0.154 e. The summed E-state index contributed by atoms with van der Waals surface area (Å²) < 4.78 is 4.02. The summed E-state index contributed by atoms with van der Waals surface area (Å²) in [6.45, 7) is 3.75. The zero-order chi connectivity index (χ0) is 16.4. The van der Waals surface area contributed by atoms with Crippen LogP contribution in [-0.2, 0) is 20.1 Å². The molecule has 0 amide bonds. The molecule has 0 bridgehead atoms. The van der Waals surface area contributed by atoms with Crippen molar-refractivity contribution in [2.75, 3.05) is 13.1 Å². The molecule has 0 unspecified atom stereocenters. The van der Waals surface area contributed by atoms with Gasteiger partial charge in [0.2, 0.25) is 0 Å². The number of rotatable bonds is 5. The second-order valence-corrected chi connectivity index (χ2v) is 7.22. The predicted molar refractivity (Wildman–Crippen MR) is 91.7 cm³/mol. The van der Waals surface area contributed by atoms with Crippen LogP contribution in [0.1, 0.15) is 35.4 Å². The highest BCUT2D eigenvalue weighted by molar-refractivity contribution is 7.09. The molecule has 0 spiro atoms. The lowest BCUT2D eigenvalue weighted by Gasteiger charge is -2.31. The number of thiazole rings is 1. The lowest BCUT2D eigenvalue weighted by atomic mass is 9.97. The second-order valence-electron chi connectivity index (χ2n) is 6.24. The first-order chi connectivity index (χ1) is 11.8. The van der Waals surface area contributed by atoms with Gasteiger partial charge < -0.3 is 4.57 Å². The van der Waals surface area contributed by atoms with Crippen LogP contribution in [0, 0.1) is 0 Å². The number of hydrogen-bond donors (Lipinski definition) is 0. The third-order valence-corrected chi connectivity index (χ3v) is 5.34. The van der Waals surface area contributed by atoms with Gasteiger partial charge in [-0.15, -0.1) is 21.5 Å². The fraction of sp³-hybridized carbons (Fsp3) is 0.500. The Morgan fingerprint density at radius 2 is 2.21 bits per heavy atom. The molecule has 1 aliphatic heterocycles. The molecule has 0 saturated carbocycles. The maximum absolute atomic E-state index is 4.48. The Labute approximate surface area is 145 Å². The van der Waals surface area contributed by atoms with Crippen LogP contribution >= 0.6 is 11.3 Å². The lowest BCUT2D eigenvalue weighted by Crippen LogP contribution is -2.34. The van der Waals surface area contributed by atoms with Crippen LogP contribution < -0.4 is 0 Å². The van der Waals surface area contributed by atoms with Crippen LogP contribution in [-0.4, -0.2) is 47.5 Å². The highest BCUT2D eigenvalue weighted by Gasteiger charge is 2.26. The highest BCUT2D eigenvalue weighted by atomic mass is 32.1. The van der Waals surface area contributed by atoms with Crippen LogP contribution in [0.4, 0.5) is 0 Å². The number of nitrogens with zero attached hydrogens (tertiary/aromatic N) is 7. The largest absolute Gasteiger partial charge is 0.316 e. The van der Waals surface area contributed by atoms with E-state index in [1.54, 1.807) is 17.5 Å². The van der Waals surface area contributed by atoms with Gasteiger partial charge >= 0.3 is 0 Å². The maximum Gasteiger partial charge on any atom is 0.154 e. The molecule has 1 fully saturated rings. The van der Waals surface area contributed by atoms with E-state index >= 15 is 0 Å². The molecule has 126 valence electrons.